The minimum atomic E-state index is 0.692. The van der Waals surface area contributed by atoms with Gasteiger partial charge in [-0.05, 0) is 56.2 Å². The zero-order chi connectivity index (χ0) is 11.4. The summed E-state index contributed by atoms with van der Waals surface area (Å²) in [6.45, 7) is 2.32. The molecule has 1 saturated carbocycles. The second kappa shape index (κ2) is 5.53. The average molecular weight is 221 g/mol. The summed E-state index contributed by atoms with van der Waals surface area (Å²) < 4.78 is 5.16. The smallest absolute Gasteiger partial charge is 0.0934 e. The lowest BCUT2D eigenvalue weighted by Crippen LogP contribution is -2.39. The van der Waals surface area contributed by atoms with Gasteiger partial charge in [0.15, 0.2) is 0 Å². The van der Waals surface area contributed by atoms with E-state index in [9.17, 15) is 0 Å². The molecule has 2 heteroatoms. The van der Waals surface area contributed by atoms with Gasteiger partial charge < -0.3 is 9.73 Å². The molecule has 2 nitrogen and oxygen atoms in total. The van der Waals surface area contributed by atoms with Crippen molar-refractivity contribution in [2.75, 3.05) is 7.05 Å². The van der Waals surface area contributed by atoms with Crippen molar-refractivity contribution in [1.29, 1.82) is 0 Å². The molecule has 1 N–H and O–H groups in total. The van der Waals surface area contributed by atoms with E-state index in [1.807, 2.05) is 6.26 Å². The van der Waals surface area contributed by atoms with Gasteiger partial charge in [0.1, 0.15) is 0 Å². The molecule has 90 valence electrons. The lowest BCUT2D eigenvalue weighted by atomic mass is 9.75. The van der Waals surface area contributed by atoms with E-state index in [2.05, 4.69) is 25.4 Å². The maximum absolute atomic E-state index is 5.16. The second-order valence-corrected chi connectivity index (χ2v) is 5.08. The maximum atomic E-state index is 5.16. The Morgan fingerprint density at radius 2 is 2.31 bits per heavy atom. The summed E-state index contributed by atoms with van der Waals surface area (Å²) in [7, 11) is 2.10. The first-order chi connectivity index (χ1) is 7.83. The van der Waals surface area contributed by atoms with E-state index in [0.717, 1.165) is 11.8 Å². The Morgan fingerprint density at radius 1 is 1.44 bits per heavy atom. The zero-order valence-corrected chi connectivity index (χ0v) is 10.4. The predicted octanol–water partition coefficient (Wildman–Crippen LogP) is 3.24. The Labute approximate surface area is 98.4 Å². The SMILES string of the molecule is CCC1CCC(NC)C(Cc2ccoc2)C1. The summed E-state index contributed by atoms with van der Waals surface area (Å²) in [5.41, 5.74) is 1.35. The first kappa shape index (κ1) is 11.7. The van der Waals surface area contributed by atoms with Gasteiger partial charge in [-0.15, -0.1) is 0 Å². The number of nitrogens with one attached hydrogen (secondary N) is 1. The average Bonchev–Trinajstić information content (AvgIpc) is 2.82. The number of furan rings is 1. The first-order valence-electron chi connectivity index (χ1n) is 6.51. The van der Waals surface area contributed by atoms with Gasteiger partial charge >= 0.3 is 0 Å². The molecule has 1 fully saturated rings. The lowest BCUT2D eigenvalue weighted by Gasteiger charge is -2.35. The van der Waals surface area contributed by atoms with Gasteiger partial charge in [-0.25, -0.2) is 0 Å². The van der Waals surface area contributed by atoms with Crippen LogP contribution >= 0.6 is 0 Å². The molecule has 0 radical (unpaired) electrons. The van der Waals surface area contributed by atoms with Gasteiger partial charge in [0, 0.05) is 6.04 Å². The van der Waals surface area contributed by atoms with Gasteiger partial charge in [-0.3, -0.25) is 0 Å². The number of hydrogen-bond donors (Lipinski definition) is 1. The van der Waals surface area contributed by atoms with Crippen LogP contribution in [0, 0.1) is 11.8 Å². The summed E-state index contributed by atoms with van der Waals surface area (Å²) in [4.78, 5) is 0. The molecular formula is C14H23NO. The summed E-state index contributed by atoms with van der Waals surface area (Å²) in [6.07, 6.45) is 10.3. The van der Waals surface area contributed by atoms with Gasteiger partial charge in [-0.1, -0.05) is 13.3 Å². The molecule has 0 bridgehead atoms. The third-order valence-electron chi connectivity index (χ3n) is 4.12. The van der Waals surface area contributed by atoms with Crippen molar-refractivity contribution < 1.29 is 4.42 Å². The summed E-state index contributed by atoms with van der Waals surface area (Å²) in [5, 5.41) is 3.48. The van der Waals surface area contributed by atoms with E-state index in [1.165, 1.54) is 37.7 Å². The van der Waals surface area contributed by atoms with Crippen molar-refractivity contribution in [2.24, 2.45) is 11.8 Å². The third-order valence-corrected chi connectivity index (χ3v) is 4.12. The van der Waals surface area contributed by atoms with Gasteiger partial charge in [0.2, 0.25) is 0 Å². The molecule has 1 aliphatic rings. The highest BCUT2D eigenvalue weighted by molar-refractivity contribution is 5.07. The highest BCUT2D eigenvalue weighted by Gasteiger charge is 2.28. The molecule has 0 spiro atoms. The molecule has 2 rings (SSSR count). The Hall–Kier alpha value is -0.760. The Kier molecular flexibility index (Phi) is 4.05. The molecule has 3 unspecified atom stereocenters. The molecule has 1 aromatic rings. The fourth-order valence-corrected chi connectivity index (χ4v) is 3.05. The van der Waals surface area contributed by atoms with Crippen LogP contribution in [0.3, 0.4) is 0 Å². The van der Waals surface area contributed by atoms with E-state index in [1.54, 1.807) is 6.26 Å². The standard InChI is InChI=1S/C14H23NO/c1-3-11-4-5-14(15-2)13(8-11)9-12-6-7-16-10-12/h6-7,10-11,13-15H,3-5,8-9H2,1-2H3. The van der Waals surface area contributed by atoms with Crippen molar-refractivity contribution in [3.63, 3.8) is 0 Å². The quantitative estimate of drug-likeness (QED) is 0.844. The summed E-state index contributed by atoms with van der Waals surface area (Å²) >= 11 is 0. The minimum absolute atomic E-state index is 0.692. The van der Waals surface area contributed by atoms with Crippen LogP contribution < -0.4 is 5.32 Å². The predicted molar refractivity (Wildman–Crippen MR) is 66.4 cm³/mol. The number of hydrogen-bond acceptors (Lipinski definition) is 2. The van der Waals surface area contributed by atoms with Crippen LogP contribution in [0.25, 0.3) is 0 Å². The van der Waals surface area contributed by atoms with Gasteiger partial charge in [0.25, 0.3) is 0 Å². The highest BCUT2D eigenvalue weighted by atomic mass is 16.3. The highest BCUT2D eigenvalue weighted by Crippen LogP contribution is 2.33. The van der Waals surface area contributed by atoms with Crippen molar-refractivity contribution in [2.45, 2.75) is 45.1 Å². The summed E-state index contributed by atoms with van der Waals surface area (Å²) in [6, 6.07) is 2.79. The van der Waals surface area contributed by atoms with E-state index >= 15 is 0 Å². The van der Waals surface area contributed by atoms with Crippen molar-refractivity contribution in [3.8, 4) is 0 Å². The van der Waals surface area contributed by atoms with Crippen molar-refractivity contribution in [3.05, 3.63) is 24.2 Å². The Morgan fingerprint density at radius 3 is 2.94 bits per heavy atom. The minimum Gasteiger partial charge on any atom is -0.472 e. The van der Waals surface area contributed by atoms with Crippen LogP contribution in [0.2, 0.25) is 0 Å². The molecule has 1 heterocycles. The Balaban J connectivity index is 1.97. The summed E-state index contributed by atoms with van der Waals surface area (Å²) in [5.74, 6) is 1.71. The first-order valence-corrected chi connectivity index (χ1v) is 6.51. The molecule has 3 atom stereocenters. The molecule has 0 aromatic carbocycles. The molecule has 1 aliphatic carbocycles. The van der Waals surface area contributed by atoms with E-state index < -0.39 is 0 Å². The molecule has 1 aromatic heterocycles. The van der Waals surface area contributed by atoms with E-state index in [0.29, 0.717) is 6.04 Å². The topological polar surface area (TPSA) is 25.2 Å². The van der Waals surface area contributed by atoms with Crippen LogP contribution in [-0.4, -0.2) is 13.1 Å². The van der Waals surface area contributed by atoms with Crippen LogP contribution in [-0.2, 0) is 6.42 Å². The third kappa shape index (κ3) is 2.67. The van der Waals surface area contributed by atoms with E-state index in [-0.39, 0.29) is 0 Å². The molecular weight excluding hydrogens is 198 g/mol. The fourth-order valence-electron chi connectivity index (χ4n) is 3.05. The maximum Gasteiger partial charge on any atom is 0.0934 e. The van der Waals surface area contributed by atoms with Crippen LogP contribution in [0.1, 0.15) is 38.2 Å². The molecule has 0 amide bonds. The lowest BCUT2D eigenvalue weighted by molar-refractivity contribution is 0.205. The van der Waals surface area contributed by atoms with Crippen LogP contribution in [0.15, 0.2) is 23.0 Å². The van der Waals surface area contributed by atoms with Gasteiger partial charge in [0.05, 0.1) is 12.5 Å². The van der Waals surface area contributed by atoms with Crippen LogP contribution in [0.5, 0.6) is 0 Å². The fraction of sp³-hybridized carbons (Fsp3) is 0.714. The van der Waals surface area contributed by atoms with E-state index in [4.69, 9.17) is 4.42 Å². The molecule has 16 heavy (non-hydrogen) atoms. The van der Waals surface area contributed by atoms with Gasteiger partial charge in [-0.2, -0.15) is 0 Å². The zero-order valence-electron chi connectivity index (χ0n) is 10.4. The van der Waals surface area contributed by atoms with Crippen molar-refractivity contribution in [1.82, 2.24) is 5.32 Å². The molecule has 0 aliphatic heterocycles. The largest absolute Gasteiger partial charge is 0.472 e. The second-order valence-electron chi connectivity index (χ2n) is 5.08. The van der Waals surface area contributed by atoms with Crippen molar-refractivity contribution >= 4 is 0 Å². The monoisotopic (exact) mass is 221 g/mol. The molecule has 0 saturated heterocycles. The van der Waals surface area contributed by atoms with Crippen LogP contribution in [0.4, 0.5) is 0 Å². The number of rotatable bonds is 4. The normalized spacial score (nSPS) is 30.5. The Bertz CT molecular complexity index is 294.